The quantitative estimate of drug-likeness (QED) is 0.757. The fourth-order valence-electron chi connectivity index (χ4n) is 2.69. The van der Waals surface area contributed by atoms with Gasteiger partial charge in [-0.15, -0.1) is 0 Å². The van der Waals surface area contributed by atoms with Crippen LogP contribution in [0.5, 0.6) is 0 Å². The molecule has 0 saturated carbocycles. The molecule has 2 heteroatoms. The van der Waals surface area contributed by atoms with Crippen LogP contribution in [-0.2, 0) is 17.6 Å². The van der Waals surface area contributed by atoms with Gasteiger partial charge >= 0.3 is 0 Å². The average Bonchev–Trinajstić information content (AvgIpc) is 2.84. The molecule has 1 aromatic rings. The summed E-state index contributed by atoms with van der Waals surface area (Å²) in [6.07, 6.45) is 5.28. The van der Waals surface area contributed by atoms with Crippen LogP contribution >= 0.6 is 0 Å². The van der Waals surface area contributed by atoms with E-state index in [9.17, 15) is 0 Å². The monoisotopic (exact) mass is 261 g/mol. The lowest BCUT2D eigenvalue weighted by Gasteiger charge is -2.16. The van der Waals surface area contributed by atoms with Crippen molar-refractivity contribution in [2.75, 3.05) is 13.2 Å². The summed E-state index contributed by atoms with van der Waals surface area (Å²) in [6, 6.07) is 7.43. The Hall–Kier alpha value is -0.860. The van der Waals surface area contributed by atoms with E-state index in [1.165, 1.54) is 24.8 Å². The molecular weight excluding hydrogens is 234 g/mol. The Morgan fingerprint density at radius 3 is 2.74 bits per heavy atom. The largest absolute Gasteiger partial charge is 0.379 e. The molecule has 2 rings (SSSR count). The lowest BCUT2D eigenvalue weighted by atomic mass is 10.0. The number of nitrogens with one attached hydrogen (secondary N) is 1. The molecule has 0 spiro atoms. The summed E-state index contributed by atoms with van der Waals surface area (Å²) in [7, 11) is 0. The van der Waals surface area contributed by atoms with Gasteiger partial charge in [-0.05, 0) is 69.7 Å². The molecule has 1 unspecified atom stereocenters. The molecule has 0 radical (unpaired) electrons. The van der Waals surface area contributed by atoms with Crippen molar-refractivity contribution in [3.05, 3.63) is 34.9 Å². The van der Waals surface area contributed by atoms with E-state index in [0.717, 1.165) is 19.6 Å². The summed E-state index contributed by atoms with van der Waals surface area (Å²) in [5.74, 6) is 0. The van der Waals surface area contributed by atoms with Crippen LogP contribution in [0.1, 0.15) is 56.3 Å². The fraction of sp³-hybridized carbons (Fsp3) is 0.647. The van der Waals surface area contributed by atoms with Crippen LogP contribution in [0.15, 0.2) is 18.2 Å². The zero-order chi connectivity index (χ0) is 13.7. The summed E-state index contributed by atoms with van der Waals surface area (Å²) in [6.45, 7) is 8.29. The van der Waals surface area contributed by atoms with Gasteiger partial charge in [-0.2, -0.15) is 0 Å². The van der Waals surface area contributed by atoms with E-state index < -0.39 is 0 Å². The van der Waals surface area contributed by atoms with E-state index in [-0.39, 0.29) is 0 Å². The molecule has 0 saturated heterocycles. The first-order chi connectivity index (χ1) is 9.16. The predicted molar refractivity (Wildman–Crippen MR) is 80.6 cm³/mol. The van der Waals surface area contributed by atoms with Gasteiger partial charge in [0.1, 0.15) is 0 Å². The highest BCUT2D eigenvalue weighted by molar-refractivity contribution is 5.36. The van der Waals surface area contributed by atoms with Crippen LogP contribution in [-0.4, -0.2) is 19.3 Å². The molecule has 0 aromatic heterocycles. The fourth-order valence-corrected chi connectivity index (χ4v) is 2.69. The highest BCUT2D eigenvalue weighted by Crippen LogP contribution is 2.25. The van der Waals surface area contributed by atoms with E-state index in [1.54, 1.807) is 11.1 Å². The Kier molecular flexibility index (Phi) is 5.41. The minimum absolute atomic E-state index is 0.342. The SMILES string of the molecule is CC(C)OCCCNC(C)c1ccc2c(c1)CCC2. The van der Waals surface area contributed by atoms with Crippen molar-refractivity contribution in [2.24, 2.45) is 0 Å². The van der Waals surface area contributed by atoms with E-state index in [4.69, 9.17) is 4.74 Å². The molecule has 19 heavy (non-hydrogen) atoms. The first-order valence-corrected chi connectivity index (χ1v) is 7.63. The van der Waals surface area contributed by atoms with Crippen molar-refractivity contribution < 1.29 is 4.74 Å². The molecule has 0 heterocycles. The number of hydrogen-bond donors (Lipinski definition) is 1. The van der Waals surface area contributed by atoms with Crippen LogP contribution in [0.2, 0.25) is 0 Å². The summed E-state index contributed by atoms with van der Waals surface area (Å²) in [5, 5.41) is 3.58. The topological polar surface area (TPSA) is 21.3 Å². The van der Waals surface area contributed by atoms with Crippen LogP contribution < -0.4 is 5.32 Å². The highest BCUT2D eigenvalue weighted by Gasteiger charge is 2.13. The van der Waals surface area contributed by atoms with Crippen LogP contribution in [0, 0.1) is 0 Å². The maximum atomic E-state index is 5.55. The average molecular weight is 261 g/mol. The Balaban J connectivity index is 1.75. The Morgan fingerprint density at radius 2 is 1.95 bits per heavy atom. The number of ether oxygens (including phenoxy) is 1. The van der Waals surface area contributed by atoms with E-state index in [1.807, 2.05) is 0 Å². The molecule has 0 amide bonds. The van der Waals surface area contributed by atoms with Gasteiger partial charge in [0.25, 0.3) is 0 Å². The van der Waals surface area contributed by atoms with Crippen molar-refractivity contribution in [3.63, 3.8) is 0 Å². The number of aryl methyl sites for hydroxylation is 2. The third-order valence-corrected chi connectivity index (χ3v) is 3.85. The summed E-state index contributed by atoms with van der Waals surface area (Å²) < 4.78 is 5.55. The minimum atomic E-state index is 0.342. The normalized spacial score (nSPS) is 15.8. The van der Waals surface area contributed by atoms with Crippen LogP contribution in [0.25, 0.3) is 0 Å². The number of fused-ring (bicyclic) bond motifs is 1. The van der Waals surface area contributed by atoms with Gasteiger partial charge in [0.05, 0.1) is 6.10 Å². The van der Waals surface area contributed by atoms with Crippen LogP contribution in [0.3, 0.4) is 0 Å². The zero-order valence-corrected chi connectivity index (χ0v) is 12.5. The van der Waals surface area contributed by atoms with E-state index >= 15 is 0 Å². The van der Waals surface area contributed by atoms with Gasteiger partial charge in [-0.1, -0.05) is 18.2 Å². The lowest BCUT2D eigenvalue weighted by molar-refractivity contribution is 0.0768. The van der Waals surface area contributed by atoms with Gasteiger partial charge in [0.2, 0.25) is 0 Å². The number of benzene rings is 1. The van der Waals surface area contributed by atoms with Gasteiger partial charge in [-0.25, -0.2) is 0 Å². The Morgan fingerprint density at radius 1 is 1.16 bits per heavy atom. The summed E-state index contributed by atoms with van der Waals surface area (Å²) >= 11 is 0. The smallest absolute Gasteiger partial charge is 0.0518 e. The molecule has 0 bridgehead atoms. The molecule has 0 fully saturated rings. The maximum absolute atomic E-state index is 5.55. The van der Waals surface area contributed by atoms with Crippen molar-refractivity contribution in [1.29, 1.82) is 0 Å². The second kappa shape index (κ2) is 7.06. The van der Waals surface area contributed by atoms with E-state index in [2.05, 4.69) is 44.3 Å². The van der Waals surface area contributed by atoms with Crippen molar-refractivity contribution in [2.45, 2.75) is 58.6 Å². The van der Waals surface area contributed by atoms with Gasteiger partial charge < -0.3 is 10.1 Å². The standard InChI is InChI=1S/C17H27NO/c1-13(2)19-11-5-10-18-14(3)16-9-8-15-6-4-7-17(15)12-16/h8-9,12-14,18H,4-7,10-11H2,1-3H3. The molecule has 1 N–H and O–H groups in total. The van der Waals surface area contributed by atoms with Crippen LogP contribution in [0.4, 0.5) is 0 Å². The molecule has 2 nitrogen and oxygen atoms in total. The lowest BCUT2D eigenvalue weighted by Crippen LogP contribution is -2.21. The van der Waals surface area contributed by atoms with Gasteiger partial charge in [0, 0.05) is 12.6 Å². The second-order valence-electron chi connectivity index (χ2n) is 5.83. The first-order valence-electron chi connectivity index (χ1n) is 7.63. The molecule has 1 aliphatic carbocycles. The first kappa shape index (κ1) is 14.5. The predicted octanol–water partition coefficient (Wildman–Crippen LogP) is 3.64. The molecule has 1 atom stereocenters. The van der Waals surface area contributed by atoms with Crippen molar-refractivity contribution in [3.8, 4) is 0 Å². The Bertz CT molecular complexity index is 400. The zero-order valence-electron chi connectivity index (χ0n) is 12.5. The molecule has 106 valence electrons. The van der Waals surface area contributed by atoms with Gasteiger partial charge in [0.15, 0.2) is 0 Å². The number of rotatable bonds is 7. The molecule has 1 aliphatic rings. The minimum Gasteiger partial charge on any atom is -0.379 e. The van der Waals surface area contributed by atoms with E-state index in [0.29, 0.717) is 12.1 Å². The molecule has 1 aromatic carbocycles. The third kappa shape index (κ3) is 4.32. The summed E-state index contributed by atoms with van der Waals surface area (Å²) in [5.41, 5.74) is 4.54. The van der Waals surface area contributed by atoms with Crippen molar-refractivity contribution in [1.82, 2.24) is 5.32 Å². The molecule has 0 aliphatic heterocycles. The third-order valence-electron chi connectivity index (χ3n) is 3.85. The number of hydrogen-bond acceptors (Lipinski definition) is 2. The van der Waals surface area contributed by atoms with Gasteiger partial charge in [-0.3, -0.25) is 0 Å². The maximum Gasteiger partial charge on any atom is 0.0518 e. The highest BCUT2D eigenvalue weighted by atomic mass is 16.5. The summed E-state index contributed by atoms with van der Waals surface area (Å²) in [4.78, 5) is 0. The second-order valence-corrected chi connectivity index (χ2v) is 5.83. The Labute approximate surface area is 117 Å². The van der Waals surface area contributed by atoms with Crippen molar-refractivity contribution >= 4 is 0 Å². The molecular formula is C17H27NO.